The molecule has 0 saturated heterocycles. The summed E-state index contributed by atoms with van der Waals surface area (Å²) in [6, 6.07) is 0. The molecule has 0 aromatic heterocycles. The molecule has 0 aliphatic carbocycles. The Morgan fingerprint density at radius 2 is 1.30 bits per heavy atom. The summed E-state index contributed by atoms with van der Waals surface area (Å²) < 4.78 is 161. The van der Waals surface area contributed by atoms with E-state index in [4.69, 9.17) is 0 Å². The first-order valence-corrected chi connectivity index (χ1v) is 8.33. The van der Waals surface area contributed by atoms with Crippen LogP contribution in [0.15, 0.2) is 0 Å². The number of ether oxygens (including phenoxy) is 2. The largest absolute Gasteiger partial charge is 0.504 e. The van der Waals surface area contributed by atoms with Gasteiger partial charge in [0.05, 0.1) is 0 Å². The molecule has 1 unspecified atom stereocenters. The summed E-state index contributed by atoms with van der Waals surface area (Å²) >= 11 is 0. The van der Waals surface area contributed by atoms with E-state index in [9.17, 15) is 52.9 Å². The Labute approximate surface area is 145 Å². The molecule has 0 aromatic rings. The molecule has 0 aromatic carbocycles. The van der Waals surface area contributed by atoms with E-state index in [-0.39, 0.29) is 13.0 Å². The molecule has 0 bridgehead atoms. The Hall–Kier alpha value is -0.790. The highest BCUT2D eigenvalue weighted by Crippen LogP contribution is 2.47. The van der Waals surface area contributed by atoms with Gasteiger partial charge in [-0.2, -0.15) is 48.3 Å². The molecule has 0 heterocycles. The van der Waals surface area contributed by atoms with Gasteiger partial charge in [-0.25, -0.2) is 0 Å². The maximum atomic E-state index is 13.2. The second-order valence-corrected chi connectivity index (χ2v) is 6.10. The zero-order valence-corrected chi connectivity index (χ0v) is 14.2. The molecule has 1 atom stereocenters. The van der Waals surface area contributed by atoms with Gasteiger partial charge in [0.2, 0.25) is 0 Å². The van der Waals surface area contributed by atoms with Crippen molar-refractivity contribution in [2.75, 3.05) is 33.1 Å². The van der Waals surface area contributed by atoms with Crippen molar-refractivity contribution in [3.63, 3.8) is 0 Å². The maximum absolute atomic E-state index is 13.2. The topological polar surface area (TPSA) is 44.8 Å². The average molecular weight is 449 g/mol. The summed E-state index contributed by atoms with van der Waals surface area (Å²) in [5.74, 6) is -18.4. The van der Waals surface area contributed by atoms with Crippen LogP contribution in [0.1, 0.15) is 6.42 Å². The lowest BCUT2D eigenvalue weighted by atomic mass is 10.2. The Bertz CT molecular complexity index is 495. The Morgan fingerprint density at radius 3 is 1.74 bits per heavy atom. The van der Waals surface area contributed by atoms with Gasteiger partial charge in [-0.1, -0.05) is 0 Å². The second kappa shape index (κ2) is 9.14. The van der Waals surface area contributed by atoms with Gasteiger partial charge in [-0.05, 0) is 11.0 Å². The maximum Gasteiger partial charge on any atom is 0.504 e. The first kappa shape index (κ1) is 26.2. The van der Waals surface area contributed by atoms with Crippen LogP contribution >= 0.6 is 8.03 Å². The molecule has 27 heavy (non-hydrogen) atoms. The van der Waals surface area contributed by atoms with Crippen molar-refractivity contribution in [2.45, 2.75) is 36.5 Å². The molecule has 0 N–H and O–H groups in total. The summed E-state index contributed by atoms with van der Waals surface area (Å²) in [6.07, 6.45) is -12.8. The first-order chi connectivity index (χ1) is 11.9. The van der Waals surface area contributed by atoms with E-state index in [1.54, 1.807) is 0 Å². The lowest BCUT2D eigenvalue weighted by Gasteiger charge is -2.31. The summed E-state index contributed by atoms with van der Waals surface area (Å²) in [4.78, 5) is 0. The zero-order valence-electron chi connectivity index (χ0n) is 13.3. The van der Waals surface area contributed by atoms with Crippen LogP contribution in [0.5, 0.6) is 0 Å². The number of rotatable bonds is 12. The van der Waals surface area contributed by atoms with Crippen molar-refractivity contribution in [3.8, 4) is 0 Å². The number of alkyl halides is 11. The van der Waals surface area contributed by atoms with Crippen LogP contribution in [0, 0.1) is 0 Å². The molecule has 16 heteroatoms. The third-order valence-corrected chi connectivity index (χ3v) is 3.21. The predicted octanol–water partition coefficient (Wildman–Crippen LogP) is 4.86. The smallest absolute Gasteiger partial charge is 0.375 e. The highest BCUT2D eigenvalue weighted by molar-refractivity contribution is 7.38. The molecular weight excluding hydrogens is 436 g/mol. The number of hydrogen-bond acceptors (Lipinski definition) is 4. The van der Waals surface area contributed by atoms with Crippen LogP contribution in [0.2, 0.25) is 0 Å². The molecule has 0 spiro atoms. The Kier molecular flexibility index (Phi) is 8.87. The van der Waals surface area contributed by atoms with Crippen molar-refractivity contribution in [1.82, 2.24) is 0 Å². The van der Waals surface area contributed by atoms with E-state index < -0.39 is 57.9 Å². The minimum absolute atomic E-state index is 0.173. The third-order valence-electron chi connectivity index (χ3n) is 2.67. The number of hydrogen-bond donors (Lipinski definition) is 0. The van der Waals surface area contributed by atoms with E-state index in [1.165, 1.54) is 6.66 Å². The molecule has 4 nitrogen and oxygen atoms in total. The lowest BCUT2D eigenvalue weighted by Crippen LogP contribution is -2.56. The lowest BCUT2D eigenvalue weighted by molar-refractivity contribution is -0.400. The van der Waals surface area contributed by atoms with Gasteiger partial charge in [-0.15, -0.1) is 4.52 Å². The van der Waals surface area contributed by atoms with Crippen molar-refractivity contribution in [2.24, 2.45) is 0 Å². The standard InChI is InChI=1S/C11H13F11O4P/c1-27(23)26-4-2-3-24-5-8(14,15)11(21,22)25-6-7(12,13)9(16,17)10(18,19)20/h2-6H2,1H3/q+1. The van der Waals surface area contributed by atoms with Crippen LogP contribution in [0.25, 0.3) is 0 Å². The van der Waals surface area contributed by atoms with Gasteiger partial charge in [0.1, 0.15) is 19.8 Å². The molecule has 0 amide bonds. The normalized spacial score (nSPS) is 15.2. The quantitative estimate of drug-likeness (QED) is 0.243. The van der Waals surface area contributed by atoms with Crippen molar-refractivity contribution in [3.05, 3.63) is 0 Å². The van der Waals surface area contributed by atoms with Crippen molar-refractivity contribution in [1.29, 1.82) is 0 Å². The fraction of sp³-hybridized carbons (Fsp3) is 1.00. The van der Waals surface area contributed by atoms with Crippen LogP contribution in [0.3, 0.4) is 0 Å². The molecule has 0 aliphatic heterocycles. The van der Waals surface area contributed by atoms with Gasteiger partial charge in [0.15, 0.2) is 6.66 Å². The van der Waals surface area contributed by atoms with Gasteiger partial charge in [-0.3, -0.25) is 0 Å². The van der Waals surface area contributed by atoms with E-state index >= 15 is 0 Å². The average Bonchev–Trinajstić information content (AvgIpc) is 2.47. The fourth-order valence-corrected chi connectivity index (χ4v) is 1.61. The van der Waals surface area contributed by atoms with Crippen LogP contribution < -0.4 is 0 Å². The SMILES string of the molecule is C[P+](=O)OCCCOCC(F)(F)C(F)(F)OCC(F)(F)C(F)(F)C(F)(F)F. The van der Waals surface area contributed by atoms with Crippen LogP contribution in [-0.4, -0.2) is 63.1 Å². The van der Waals surface area contributed by atoms with E-state index in [1.807, 2.05) is 0 Å². The molecule has 162 valence electrons. The van der Waals surface area contributed by atoms with Gasteiger partial charge in [0.25, 0.3) is 0 Å². The predicted molar refractivity (Wildman–Crippen MR) is 66.7 cm³/mol. The fourth-order valence-electron chi connectivity index (χ4n) is 1.22. The van der Waals surface area contributed by atoms with Crippen molar-refractivity contribution >= 4 is 8.03 Å². The minimum atomic E-state index is -6.83. The van der Waals surface area contributed by atoms with Crippen LogP contribution in [0.4, 0.5) is 48.3 Å². The first-order valence-electron chi connectivity index (χ1n) is 6.71. The van der Waals surface area contributed by atoms with E-state index in [0.717, 1.165) is 0 Å². The summed E-state index contributed by atoms with van der Waals surface area (Å²) in [5.41, 5.74) is 0. The van der Waals surface area contributed by atoms with Crippen LogP contribution in [-0.2, 0) is 18.6 Å². The molecule has 0 saturated carbocycles. The molecular formula is C11H13F11O4P+. The highest BCUT2D eigenvalue weighted by atomic mass is 31.1. The minimum Gasteiger partial charge on any atom is -0.375 e. The highest BCUT2D eigenvalue weighted by Gasteiger charge is 2.74. The summed E-state index contributed by atoms with van der Waals surface area (Å²) in [7, 11) is -2.00. The molecule has 0 radical (unpaired) electrons. The summed E-state index contributed by atoms with van der Waals surface area (Å²) in [6.45, 7) is -5.17. The molecule has 0 rings (SSSR count). The molecule has 0 fully saturated rings. The van der Waals surface area contributed by atoms with E-state index in [2.05, 4.69) is 14.0 Å². The number of halogens is 11. The summed E-state index contributed by atoms with van der Waals surface area (Å²) in [5, 5.41) is 0. The van der Waals surface area contributed by atoms with Gasteiger partial charge >= 0.3 is 38.1 Å². The Morgan fingerprint density at radius 1 is 0.778 bits per heavy atom. The zero-order chi connectivity index (χ0) is 21.7. The van der Waals surface area contributed by atoms with Gasteiger partial charge < -0.3 is 9.47 Å². The third kappa shape index (κ3) is 7.27. The monoisotopic (exact) mass is 449 g/mol. The van der Waals surface area contributed by atoms with Gasteiger partial charge in [0, 0.05) is 6.61 Å². The van der Waals surface area contributed by atoms with E-state index in [0.29, 0.717) is 0 Å². The molecule has 0 aliphatic rings. The van der Waals surface area contributed by atoms with Crippen molar-refractivity contribution < 1.29 is 66.9 Å². The Balaban J connectivity index is 4.72. The second-order valence-electron chi connectivity index (χ2n) is 4.97.